The fraction of sp³-hybridized carbons (Fsp3) is 0.500. The van der Waals surface area contributed by atoms with E-state index in [1.807, 2.05) is 0 Å². The fourth-order valence-electron chi connectivity index (χ4n) is 1.10. The molecule has 19 heavy (non-hydrogen) atoms. The minimum Gasteiger partial charge on any atom is -0.354 e. The number of hydrogen-bond donors (Lipinski definition) is 2. The molecular formula is C10H13F2N3O2S2. The topological polar surface area (TPSA) is 71.1 Å². The van der Waals surface area contributed by atoms with E-state index in [-0.39, 0.29) is 10.7 Å². The van der Waals surface area contributed by atoms with Gasteiger partial charge in [-0.25, -0.2) is 4.98 Å². The molecule has 2 N–H and O–H groups in total. The summed E-state index contributed by atoms with van der Waals surface area (Å²) in [6.45, 7) is 1.21. The zero-order valence-electron chi connectivity index (χ0n) is 10.5. The SMILES string of the molecule is CCC(F)(F)C(=O)Nc1sc(SC)nc1C(=O)NC. The molecule has 1 rings (SSSR count). The Morgan fingerprint density at radius 1 is 1.47 bits per heavy atom. The predicted octanol–water partition coefficient (Wildman–Crippen LogP) is 2.21. The number of thiazole rings is 1. The van der Waals surface area contributed by atoms with E-state index in [0.29, 0.717) is 4.34 Å². The second-order valence-electron chi connectivity index (χ2n) is 3.45. The number of carbonyl (C=O) groups is 2. The molecule has 0 fully saturated rings. The van der Waals surface area contributed by atoms with Crippen molar-refractivity contribution in [2.75, 3.05) is 18.6 Å². The number of aromatic nitrogens is 1. The van der Waals surface area contributed by atoms with Gasteiger partial charge in [0, 0.05) is 13.5 Å². The molecule has 0 atom stereocenters. The van der Waals surface area contributed by atoms with E-state index in [1.54, 1.807) is 6.26 Å². The van der Waals surface area contributed by atoms with E-state index >= 15 is 0 Å². The molecule has 0 aliphatic carbocycles. The first kappa shape index (κ1) is 15.8. The van der Waals surface area contributed by atoms with Crippen LogP contribution in [0.3, 0.4) is 0 Å². The maximum absolute atomic E-state index is 13.2. The van der Waals surface area contributed by atoms with Gasteiger partial charge in [0.2, 0.25) is 0 Å². The van der Waals surface area contributed by atoms with Gasteiger partial charge in [0.25, 0.3) is 11.8 Å². The van der Waals surface area contributed by atoms with Gasteiger partial charge in [-0.2, -0.15) is 8.78 Å². The van der Waals surface area contributed by atoms with Crippen LogP contribution >= 0.6 is 23.1 Å². The minimum atomic E-state index is -3.47. The Hall–Kier alpha value is -1.22. The van der Waals surface area contributed by atoms with Crippen LogP contribution in [0.15, 0.2) is 4.34 Å². The highest BCUT2D eigenvalue weighted by Crippen LogP contribution is 2.31. The van der Waals surface area contributed by atoms with Crippen LogP contribution in [0.4, 0.5) is 13.8 Å². The molecule has 9 heteroatoms. The van der Waals surface area contributed by atoms with Crippen molar-refractivity contribution < 1.29 is 18.4 Å². The molecule has 0 spiro atoms. The second-order valence-corrected chi connectivity index (χ2v) is 5.51. The number of halogens is 2. The van der Waals surface area contributed by atoms with E-state index in [1.165, 1.54) is 25.7 Å². The zero-order valence-corrected chi connectivity index (χ0v) is 12.2. The number of nitrogens with one attached hydrogen (secondary N) is 2. The van der Waals surface area contributed by atoms with Crippen molar-refractivity contribution in [3.8, 4) is 0 Å². The molecule has 1 aromatic heterocycles. The normalized spacial score (nSPS) is 11.2. The van der Waals surface area contributed by atoms with Crippen molar-refractivity contribution in [1.29, 1.82) is 0 Å². The maximum Gasteiger partial charge on any atom is 0.324 e. The third kappa shape index (κ3) is 3.63. The average Bonchev–Trinajstić information content (AvgIpc) is 2.80. The molecule has 0 aromatic carbocycles. The lowest BCUT2D eigenvalue weighted by molar-refractivity contribution is -0.139. The lowest BCUT2D eigenvalue weighted by Gasteiger charge is -2.13. The third-order valence-electron chi connectivity index (χ3n) is 2.23. The van der Waals surface area contributed by atoms with Crippen LogP contribution in [0.25, 0.3) is 0 Å². The van der Waals surface area contributed by atoms with Gasteiger partial charge in [-0.15, -0.1) is 0 Å². The lowest BCUT2D eigenvalue weighted by atomic mass is 10.2. The van der Waals surface area contributed by atoms with Crippen LogP contribution in [0.2, 0.25) is 0 Å². The molecule has 0 aliphatic heterocycles. The van der Waals surface area contributed by atoms with E-state index in [9.17, 15) is 18.4 Å². The summed E-state index contributed by atoms with van der Waals surface area (Å²) in [5.74, 6) is -5.44. The predicted molar refractivity (Wildman–Crippen MR) is 71.2 cm³/mol. The zero-order chi connectivity index (χ0) is 14.6. The van der Waals surface area contributed by atoms with Gasteiger partial charge in [-0.05, 0) is 6.26 Å². The Bertz CT molecular complexity index is 491. The van der Waals surface area contributed by atoms with Crippen LogP contribution in [0, 0.1) is 0 Å². The van der Waals surface area contributed by atoms with E-state index in [4.69, 9.17) is 0 Å². The Balaban J connectivity index is 3.03. The fourth-order valence-corrected chi connectivity index (χ4v) is 2.56. The van der Waals surface area contributed by atoms with Crippen molar-refractivity contribution >= 4 is 39.9 Å². The summed E-state index contributed by atoms with van der Waals surface area (Å²) in [5.41, 5.74) is -0.0582. The van der Waals surface area contributed by atoms with Gasteiger partial charge in [0.15, 0.2) is 10.0 Å². The highest BCUT2D eigenvalue weighted by Gasteiger charge is 2.37. The standard InChI is InChI=1S/C10H13F2N3O2S2/c1-4-10(11,12)8(17)15-7-5(6(16)13-2)14-9(18-3)19-7/h4H2,1-3H3,(H,13,16)(H,15,17). The Kier molecular flexibility index (Phi) is 5.24. The molecule has 0 aliphatic rings. The number of amides is 2. The first-order valence-corrected chi connectivity index (χ1v) is 7.36. The largest absolute Gasteiger partial charge is 0.354 e. The van der Waals surface area contributed by atoms with Crippen molar-refractivity contribution in [2.24, 2.45) is 0 Å². The number of thioether (sulfide) groups is 1. The average molecular weight is 309 g/mol. The summed E-state index contributed by atoms with van der Waals surface area (Å²) in [6.07, 6.45) is 1.13. The Morgan fingerprint density at radius 3 is 2.58 bits per heavy atom. The maximum atomic E-state index is 13.2. The summed E-state index contributed by atoms with van der Waals surface area (Å²) >= 11 is 2.24. The Morgan fingerprint density at radius 2 is 2.11 bits per heavy atom. The molecule has 0 saturated carbocycles. The number of carbonyl (C=O) groups excluding carboxylic acids is 2. The molecular weight excluding hydrogens is 296 g/mol. The van der Waals surface area contributed by atoms with E-state index in [2.05, 4.69) is 15.6 Å². The lowest BCUT2D eigenvalue weighted by Crippen LogP contribution is -2.34. The smallest absolute Gasteiger partial charge is 0.324 e. The van der Waals surface area contributed by atoms with Crippen LogP contribution in [-0.4, -0.2) is 36.0 Å². The highest BCUT2D eigenvalue weighted by molar-refractivity contribution is 8.00. The monoisotopic (exact) mass is 309 g/mol. The first-order chi connectivity index (χ1) is 8.85. The van der Waals surface area contributed by atoms with Crippen LogP contribution in [0.1, 0.15) is 23.8 Å². The quantitative estimate of drug-likeness (QED) is 0.818. The number of alkyl halides is 2. The van der Waals surface area contributed by atoms with Gasteiger partial charge < -0.3 is 10.6 Å². The van der Waals surface area contributed by atoms with Crippen LogP contribution in [-0.2, 0) is 4.79 Å². The molecule has 2 amide bonds. The molecule has 0 bridgehead atoms. The molecule has 0 saturated heterocycles. The van der Waals surface area contributed by atoms with Crippen LogP contribution < -0.4 is 10.6 Å². The number of nitrogens with zero attached hydrogens (tertiary/aromatic N) is 1. The Labute approximate surface area is 117 Å². The number of rotatable bonds is 5. The summed E-state index contributed by atoms with van der Waals surface area (Å²) in [7, 11) is 1.40. The van der Waals surface area contributed by atoms with Crippen molar-refractivity contribution in [3.05, 3.63) is 5.69 Å². The van der Waals surface area contributed by atoms with Gasteiger partial charge in [-0.3, -0.25) is 9.59 Å². The highest BCUT2D eigenvalue weighted by atomic mass is 32.2. The van der Waals surface area contributed by atoms with Gasteiger partial charge >= 0.3 is 5.92 Å². The first-order valence-electron chi connectivity index (χ1n) is 5.31. The van der Waals surface area contributed by atoms with Gasteiger partial charge in [0.05, 0.1) is 0 Å². The molecule has 0 radical (unpaired) electrons. The summed E-state index contributed by atoms with van der Waals surface area (Å²) < 4.78 is 26.9. The third-order valence-corrected chi connectivity index (χ3v) is 4.18. The van der Waals surface area contributed by atoms with Gasteiger partial charge in [0.1, 0.15) is 5.00 Å². The molecule has 5 nitrogen and oxygen atoms in total. The molecule has 1 aromatic rings. The minimum absolute atomic E-state index is 0.0295. The van der Waals surface area contributed by atoms with Gasteiger partial charge in [-0.1, -0.05) is 30.0 Å². The molecule has 1 heterocycles. The molecule has 106 valence electrons. The van der Waals surface area contributed by atoms with Crippen molar-refractivity contribution in [3.63, 3.8) is 0 Å². The van der Waals surface area contributed by atoms with E-state index < -0.39 is 24.2 Å². The number of anilines is 1. The summed E-state index contributed by atoms with van der Waals surface area (Å²) in [5, 5.41) is 4.44. The molecule has 0 unspecified atom stereocenters. The van der Waals surface area contributed by atoms with Crippen LogP contribution in [0.5, 0.6) is 0 Å². The second kappa shape index (κ2) is 6.29. The van der Waals surface area contributed by atoms with Crippen molar-refractivity contribution in [1.82, 2.24) is 10.3 Å². The summed E-state index contributed by atoms with van der Waals surface area (Å²) in [6, 6.07) is 0. The van der Waals surface area contributed by atoms with Crippen molar-refractivity contribution in [2.45, 2.75) is 23.6 Å². The van der Waals surface area contributed by atoms with E-state index in [0.717, 1.165) is 11.3 Å². The summed E-state index contributed by atoms with van der Waals surface area (Å²) in [4.78, 5) is 26.9. The number of hydrogen-bond acceptors (Lipinski definition) is 5.